The summed E-state index contributed by atoms with van der Waals surface area (Å²) in [7, 11) is 0. The predicted octanol–water partition coefficient (Wildman–Crippen LogP) is 5.37. The standard InChI is InChI=1S/C14H20Br2O/c1-4-11(8-15)9-17-14-6-5-12(16)7-13(14)10(2)3/h5-7,10-11H,4,8-9H2,1-3H3. The fourth-order valence-electron chi connectivity index (χ4n) is 1.58. The van der Waals surface area contributed by atoms with E-state index in [9.17, 15) is 0 Å². The summed E-state index contributed by atoms with van der Waals surface area (Å²) in [6.45, 7) is 7.36. The van der Waals surface area contributed by atoms with Gasteiger partial charge in [0.2, 0.25) is 0 Å². The average Bonchev–Trinajstić information content (AvgIpc) is 2.31. The van der Waals surface area contributed by atoms with Gasteiger partial charge in [0, 0.05) is 15.7 Å². The lowest BCUT2D eigenvalue weighted by Crippen LogP contribution is -2.13. The van der Waals surface area contributed by atoms with E-state index in [2.05, 4.69) is 64.8 Å². The molecule has 1 atom stereocenters. The van der Waals surface area contributed by atoms with Gasteiger partial charge in [-0.2, -0.15) is 0 Å². The van der Waals surface area contributed by atoms with E-state index in [4.69, 9.17) is 4.74 Å². The van der Waals surface area contributed by atoms with Crippen LogP contribution in [0.25, 0.3) is 0 Å². The van der Waals surface area contributed by atoms with Crippen molar-refractivity contribution in [1.82, 2.24) is 0 Å². The lowest BCUT2D eigenvalue weighted by molar-refractivity contribution is 0.257. The van der Waals surface area contributed by atoms with Gasteiger partial charge in [-0.1, -0.05) is 52.6 Å². The minimum atomic E-state index is 0.478. The Balaban J connectivity index is 2.76. The molecular weight excluding hydrogens is 344 g/mol. The third kappa shape index (κ3) is 4.63. The molecule has 0 aliphatic carbocycles. The molecule has 1 aromatic rings. The SMILES string of the molecule is CCC(CBr)COc1ccc(Br)cc1C(C)C. The van der Waals surface area contributed by atoms with E-state index < -0.39 is 0 Å². The maximum absolute atomic E-state index is 5.95. The van der Waals surface area contributed by atoms with Crippen molar-refractivity contribution in [3.05, 3.63) is 28.2 Å². The molecule has 0 saturated heterocycles. The molecule has 96 valence electrons. The Morgan fingerprint density at radius 1 is 1.29 bits per heavy atom. The van der Waals surface area contributed by atoms with Crippen molar-refractivity contribution in [2.45, 2.75) is 33.1 Å². The molecule has 0 bridgehead atoms. The van der Waals surface area contributed by atoms with E-state index in [1.807, 2.05) is 6.07 Å². The molecule has 1 unspecified atom stereocenters. The number of halogens is 2. The van der Waals surface area contributed by atoms with E-state index >= 15 is 0 Å². The van der Waals surface area contributed by atoms with Gasteiger partial charge < -0.3 is 4.74 Å². The van der Waals surface area contributed by atoms with Gasteiger partial charge in [0.1, 0.15) is 5.75 Å². The molecule has 0 heterocycles. The molecule has 0 spiro atoms. The van der Waals surface area contributed by atoms with Gasteiger partial charge in [0.15, 0.2) is 0 Å². The quantitative estimate of drug-likeness (QED) is 0.617. The zero-order valence-corrected chi connectivity index (χ0v) is 13.8. The summed E-state index contributed by atoms with van der Waals surface area (Å²) < 4.78 is 7.06. The van der Waals surface area contributed by atoms with Crippen LogP contribution in [-0.4, -0.2) is 11.9 Å². The second-order valence-corrected chi connectivity index (χ2v) is 6.14. The number of rotatable bonds is 6. The normalized spacial score (nSPS) is 12.8. The van der Waals surface area contributed by atoms with Crippen LogP contribution in [0.2, 0.25) is 0 Å². The van der Waals surface area contributed by atoms with Crippen molar-refractivity contribution in [2.24, 2.45) is 5.92 Å². The molecule has 1 nitrogen and oxygen atoms in total. The van der Waals surface area contributed by atoms with Crippen LogP contribution in [0.1, 0.15) is 38.7 Å². The first-order chi connectivity index (χ1) is 8.08. The van der Waals surface area contributed by atoms with Crippen molar-refractivity contribution in [3.63, 3.8) is 0 Å². The van der Waals surface area contributed by atoms with Crippen LogP contribution >= 0.6 is 31.9 Å². The van der Waals surface area contributed by atoms with Crippen LogP contribution in [0.3, 0.4) is 0 Å². The lowest BCUT2D eigenvalue weighted by Gasteiger charge is -2.17. The van der Waals surface area contributed by atoms with Gasteiger partial charge in [-0.05, 0) is 36.1 Å². The smallest absolute Gasteiger partial charge is 0.122 e. The summed E-state index contributed by atoms with van der Waals surface area (Å²) >= 11 is 7.03. The summed E-state index contributed by atoms with van der Waals surface area (Å²) in [5, 5.41) is 0.997. The Morgan fingerprint density at radius 2 is 2.00 bits per heavy atom. The molecular formula is C14H20Br2O. The molecule has 0 amide bonds. The van der Waals surface area contributed by atoms with Crippen molar-refractivity contribution in [2.75, 3.05) is 11.9 Å². The second-order valence-electron chi connectivity index (χ2n) is 4.58. The molecule has 3 heteroatoms. The lowest BCUT2D eigenvalue weighted by atomic mass is 10.0. The van der Waals surface area contributed by atoms with Gasteiger partial charge in [-0.25, -0.2) is 0 Å². The number of hydrogen-bond donors (Lipinski definition) is 0. The summed E-state index contributed by atoms with van der Waals surface area (Å²) in [5.41, 5.74) is 1.27. The highest BCUT2D eigenvalue weighted by molar-refractivity contribution is 9.10. The van der Waals surface area contributed by atoms with E-state index in [1.165, 1.54) is 5.56 Å². The number of hydrogen-bond acceptors (Lipinski definition) is 1. The molecule has 0 aromatic heterocycles. The summed E-state index contributed by atoms with van der Waals surface area (Å²) in [5.74, 6) is 2.08. The van der Waals surface area contributed by atoms with Crippen molar-refractivity contribution >= 4 is 31.9 Å². The topological polar surface area (TPSA) is 9.23 Å². The van der Waals surface area contributed by atoms with E-state index in [-0.39, 0.29) is 0 Å². The Hall–Kier alpha value is -0.0200. The molecule has 1 aromatic carbocycles. The molecule has 0 aliphatic rings. The first kappa shape index (κ1) is 15.0. The molecule has 0 aliphatic heterocycles. The van der Waals surface area contributed by atoms with Crippen LogP contribution < -0.4 is 4.74 Å². The molecule has 0 N–H and O–H groups in total. The Morgan fingerprint density at radius 3 is 2.53 bits per heavy atom. The maximum Gasteiger partial charge on any atom is 0.122 e. The van der Waals surface area contributed by atoms with Crippen molar-refractivity contribution < 1.29 is 4.74 Å². The van der Waals surface area contributed by atoms with Gasteiger partial charge in [0.05, 0.1) is 6.61 Å². The third-order valence-corrected chi connectivity index (χ3v) is 4.27. The van der Waals surface area contributed by atoms with E-state index in [1.54, 1.807) is 0 Å². The summed E-state index contributed by atoms with van der Waals surface area (Å²) in [6.07, 6.45) is 1.14. The first-order valence-corrected chi connectivity index (χ1v) is 7.98. The van der Waals surface area contributed by atoms with E-state index in [0.29, 0.717) is 11.8 Å². The monoisotopic (exact) mass is 362 g/mol. The van der Waals surface area contributed by atoms with E-state index in [0.717, 1.165) is 28.6 Å². The Kier molecular flexibility index (Phi) is 6.57. The van der Waals surface area contributed by atoms with Crippen LogP contribution in [0, 0.1) is 5.92 Å². The number of ether oxygens (including phenoxy) is 1. The molecule has 17 heavy (non-hydrogen) atoms. The predicted molar refractivity (Wildman–Crippen MR) is 81.3 cm³/mol. The molecule has 0 radical (unpaired) electrons. The zero-order chi connectivity index (χ0) is 12.8. The summed E-state index contributed by atoms with van der Waals surface area (Å²) in [6, 6.07) is 6.24. The van der Waals surface area contributed by atoms with Crippen molar-refractivity contribution in [1.29, 1.82) is 0 Å². The van der Waals surface area contributed by atoms with Gasteiger partial charge in [0.25, 0.3) is 0 Å². The average molecular weight is 364 g/mol. The highest BCUT2D eigenvalue weighted by Crippen LogP contribution is 2.30. The van der Waals surface area contributed by atoms with Crippen LogP contribution in [0.5, 0.6) is 5.75 Å². The summed E-state index contributed by atoms with van der Waals surface area (Å²) in [4.78, 5) is 0. The van der Waals surface area contributed by atoms with Crippen LogP contribution in [-0.2, 0) is 0 Å². The van der Waals surface area contributed by atoms with Crippen LogP contribution in [0.15, 0.2) is 22.7 Å². The largest absolute Gasteiger partial charge is 0.493 e. The van der Waals surface area contributed by atoms with Gasteiger partial charge in [-0.3, -0.25) is 0 Å². The number of alkyl halides is 1. The van der Waals surface area contributed by atoms with Crippen LogP contribution in [0.4, 0.5) is 0 Å². The second kappa shape index (κ2) is 7.42. The molecule has 0 fully saturated rings. The maximum atomic E-state index is 5.95. The minimum absolute atomic E-state index is 0.478. The van der Waals surface area contributed by atoms with Gasteiger partial charge in [-0.15, -0.1) is 0 Å². The fourth-order valence-corrected chi connectivity index (χ4v) is 2.60. The van der Waals surface area contributed by atoms with Crippen molar-refractivity contribution in [3.8, 4) is 5.75 Å². The first-order valence-electron chi connectivity index (χ1n) is 6.06. The highest BCUT2D eigenvalue weighted by atomic mass is 79.9. The third-order valence-electron chi connectivity index (χ3n) is 2.86. The van der Waals surface area contributed by atoms with Gasteiger partial charge >= 0.3 is 0 Å². The minimum Gasteiger partial charge on any atom is -0.493 e. The number of benzene rings is 1. The highest BCUT2D eigenvalue weighted by Gasteiger charge is 2.11. The Labute approximate surface area is 121 Å². The Bertz CT molecular complexity index is 346. The molecule has 1 rings (SSSR count). The fraction of sp³-hybridized carbons (Fsp3) is 0.571. The molecule has 0 saturated carbocycles. The zero-order valence-electron chi connectivity index (χ0n) is 10.7.